The van der Waals surface area contributed by atoms with E-state index in [1.807, 2.05) is 65.6 Å². The summed E-state index contributed by atoms with van der Waals surface area (Å²) in [6, 6.07) is 29.9. The van der Waals surface area contributed by atoms with Gasteiger partial charge in [-0.3, -0.25) is 23.7 Å². The molecule has 4 heterocycles. The van der Waals surface area contributed by atoms with E-state index in [1.165, 1.54) is 10.9 Å². The van der Waals surface area contributed by atoms with Gasteiger partial charge in [0.25, 0.3) is 11.5 Å². The predicted molar refractivity (Wildman–Crippen MR) is 267 cm³/mol. The maximum absolute atomic E-state index is 14.2. The van der Waals surface area contributed by atoms with Crippen molar-refractivity contribution in [1.82, 2.24) is 32.8 Å². The van der Waals surface area contributed by atoms with E-state index < -0.39 is 5.60 Å². The molecule has 0 bridgehead atoms. The number of carbonyl (C=O) groups is 3. The Morgan fingerprint density at radius 3 is 2.39 bits per heavy atom. The Morgan fingerprint density at radius 2 is 1.62 bits per heavy atom. The molecule has 2 aliphatic rings. The molecule has 4 aromatic carbocycles. The van der Waals surface area contributed by atoms with Crippen LogP contribution in [0.2, 0.25) is 5.02 Å². The fraction of sp³-hybridized carbons (Fsp3) is 0.360. The van der Waals surface area contributed by atoms with Crippen molar-refractivity contribution in [3.05, 3.63) is 135 Å². The monoisotopic (exact) mass is 1020 g/mol. The molecule has 16 heteroatoms. The molecular weight excluding hydrogens is 969 g/mol. The molecule has 344 valence electrons. The van der Waals surface area contributed by atoms with Crippen LogP contribution in [-0.2, 0) is 29.1 Å². The lowest BCUT2D eigenvalue weighted by Crippen LogP contribution is -2.51. The number of likely N-dealkylation sites (tertiary alicyclic amines) is 1. The number of pyridine rings is 1. The van der Waals surface area contributed by atoms with E-state index in [0.29, 0.717) is 110 Å². The second kappa shape index (κ2) is 21.6. The summed E-state index contributed by atoms with van der Waals surface area (Å²) in [6.07, 6.45) is 4.08. The quantitative estimate of drug-likeness (QED) is 0.0479. The van der Waals surface area contributed by atoms with E-state index in [-0.39, 0.29) is 35.7 Å². The first-order valence-corrected chi connectivity index (χ1v) is 23.9. The SMILES string of the molecule is NCc1cccc(-c2cc(Cl)c3ccc(C(=O)NCCCC(Cc4ccccc4)C(=O)N4CCC(O)(Cn5cnc6cc(NC(=O)CCN7CCN(I)CC7)ccc6c5=O)CC4)cc3n2)c1. The third-order valence-corrected chi connectivity index (χ3v) is 14.0. The molecule has 66 heavy (non-hydrogen) atoms. The van der Waals surface area contributed by atoms with Crippen LogP contribution in [0.25, 0.3) is 33.1 Å². The van der Waals surface area contributed by atoms with E-state index in [2.05, 4.69) is 46.5 Å². The maximum Gasteiger partial charge on any atom is 0.261 e. The van der Waals surface area contributed by atoms with Gasteiger partial charge in [0.2, 0.25) is 11.8 Å². The van der Waals surface area contributed by atoms with Gasteiger partial charge in [-0.15, -0.1) is 0 Å². The Balaban J connectivity index is 0.851. The summed E-state index contributed by atoms with van der Waals surface area (Å²) in [5, 5.41) is 19.4. The van der Waals surface area contributed by atoms with Gasteiger partial charge in [0, 0.05) is 116 Å². The number of hydrogen-bond donors (Lipinski definition) is 4. The Hall–Kier alpha value is -5.30. The molecule has 0 saturated carbocycles. The van der Waals surface area contributed by atoms with Gasteiger partial charge in [0.1, 0.15) is 0 Å². The zero-order valence-electron chi connectivity index (χ0n) is 36.8. The summed E-state index contributed by atoms with van der Waals surface area (Å²) in [5.41, 5.74) is 10.1. The topological polar surface area (TPSA) is 179 Å². The van der Waals surface area contributed by atoms with E-state index in [9.17, 15) is 24.3 Å². The van der Waals surface area contributed by atoms with Gasteiger partial charge >= 0.3 is 0 Å². The van der Waals surface area contributed by atoms with Crippen LogP contribution in [0.3, 0.4) is 0 Å². The fourth-order valence-electron chi connectivity index (χ4n) is 8.85. The molecule has 6 aromatic rings. The zero-order chi connectivity index (χ0) is 46.2. The number of amides is 3. The van der Waals surface area contributed by atoms with Crippen LogP contribution < -0.4 is 21.9 Å². The number of benzene rings is 4. The van der Waals surface area contributed by atoms with Crippen LogP contribution >= 0.6 is 34.5 Å². The first-order chi connectivity index (χ1) is 31.9. The number of rotatable bonds is 16. The van der Waals surface area contributed by atoms with Crippen molar-refractivity contribution < 1.29 is 19.5 Å². The Kier molecular flexibility index (Phi) is 15.4. The van der Waals surface area contributed by atoms with Crippen molar-refractivity contribution >= 4 is 79.7 Å². The minimum atomic E-state index is -1.22. The van der Waals surface area contributed by atoms with Gasteiger partial charge in [0.15, 0.2) is 0 Å². The van der Waals surface area contributed by atoms with Crippen molar-refractivity contribution in [2.24, 2.45) is 11.7 Å². The number of aromatic nitrogens is 3. The number of hydrogen-bond acceptors (Lipinski definition) is 10. The molecule has 0 spiro atoms. The third-order valence-electron chi connectivity index (χ3n) is 12.7. The highest BCUT2D eigenvalue weighted by Gasteiger charge is 2.36. The molecule has 1 atom stereocenters. The highest BCUT2D eigenvalue weighted by Crippen LogP contribution is 2.30. The van der Waals surface area contributed by atoms with Crippen molar-refractivity contribution in [2.45, 2.75) is 57.2 Å². The third kappa shape index (κ3) is 11.8. The summed E-state index contributed by atoms with van der Waals surface area (Å²) in [7, 11) is 0. The van der Waals surface area contributed by atoms with Crippen molar-refractivity contribution in [3.63, 3.8) is 0 Å². The van der Waals surface area contributed by atoms with E-state index in [0.717, 1.165) is 48.3 Å². The first kappa shape index (κ1) is 47.2. The number of halogens is 2. The fourth-order valence-corrected chi connectivity index (χ4v) is 9.55. The lowest BCUT2D eigenvalue weighted by Gasteiger charge is -2.39. The maximum atomic E-state index is 14.2. The number of anilines is 1. The van der Waals surface area contributed by atoms with Crippen LogP contribution in [0.5, 0.6) is 0 Å². The van der Waals surface area contributed by atoms with Crippen molar-refractivity contribution in [3.8, 4) is 11.3 Å². The van der Waals surface area contributed by atoms with Gasteiger partial charge in [-0.2, -0.15) is 0 Å². The first-order valence-electron chi connectivity index (χ1n) is 22.6. The largest absolute Gasteiger partial charge is 0.388 e. The minimum Gasteiger partial charge on any atom is -0.388 e. The molecule has 1 unspecified atom stereocenters. The Morgan fingerprint density at radius 1 is 0.864 bits per heavy atom. The number of piperidine rings is 1. The van der Waals surface area contributed by atoms with Crippen molar-refractivity contribution in [1.29, 1.82) is 0 Å². The number of aliphatic hydroxyl groups is 1. The van der Waals surface area contributed by atoms with Crippen LogP contribution in [0.4, 0.5) is 5.69 Å². The van der Waals surface area contributed by atoms with E-state index in [1.54, 1.807) is 36.4 Å². The number of nitrogens with zero attached hydrogens (tertiary/aromatic N) is 6. The number of piperazine rings is 1. The number of nitrogens with two attached hydrogens (primary N) is 1. The van der Waals surface area contributed by atoms with Gasteiger partial charge in [-0.1, -0.05) is 66.2 Å². The summed E-state index contributed by atoms with van der Waals surface area (Å²) in [4.78, 5) is 67.4. The Bertz CT molecular complexity index is 2760. The summed E-state index contributed by atoms with van der Waals surface area (Å²) in [6.45, 7) is 6.02. The molecule has 2 aromatic heterocycles. The summed E-state index contributed by atoms with van der Waals surface area (Å²) < 4.78 is 3.68. The lowest BCUT2D eigenvalue weighted by molar-refractivity contribution is -0.140. The predicted octanol–water partition coefficient (Wildman–Crippen LogP) is 6.44. The molecule has 2 aliphatic heterocycles. The molecule has 14 nitrogen and oxygen atoms in total. The molecule has 5 N–H and O–H groups in total. The van der Waals surface area contributed by atoms with Gasteiger partial charge < -0.3 is 31.3 Å². The summed E-state index contributed by atoms with van der Waals surface area (Å²) in [5.74, 6) is -0.667. The molecular formula is C50H55ClIN9O5. The smallest absolute Gasteiger partial charge is 0.261 e. The zero-order valence-corrected chi connectivity index (χ0v) is 39.7. The lowest BCUT2D eigenvalue weighted by atomic mass is 9.88. The molecule has 3 amide bonds. The molecule has 2 fully saturated rings. The van der Waals surface area contributed by atoms with Crippen LogP contribution in [0, 0.1) is 5.92 Å². The highest BCUT2D eigenvalue weighted by molar-refractivity contribution is 14.1. The van der Waals surface area contributed by atoms with Gasteiger partial charge in [0.05, 0.1) is 45.6 Å². The average Bonchev–Trinajstić information content (AvgIpc) is 3.33. The summed E-state index contributed by atoms with van der Waals surface area (Å²) >= 11 is 8.99. The molecule has 2 saturated heterocycles. The number of fused-ring (bicyclic) bond motifs is 2. The molecule has 0 radical (unpaired) electrons. The molecule has 0 aliphatic carbocycles. The van der Waals surface area contributed by atoms with Crippen LogP contribution in [-0.4, -0.2) is 108 Å². The number of nitrogens with one attached hydrogen (secondary N) is 2. The van der Waals surface area contributed by atoms with Crippen molar-refractivity contribution in [2.75, 3.05) is 57.7 Å². The van der Waals surface area contributed by atoms with Gasteiger partial charge in [-0.05, 0) is 85.7 Å². The second-order valence-electron chi connectivity index (χ2n) is 17.4. The minimum absolute atomic E-state index is 0.00369. The second-order valence-corrected chi connectivity index (χ2v) is 19.2. The standard InChI is InChI=1S/C50H55ClIN9O5/c51-42-30-43(36-9-4-8-35(27-36)31-53)57-45-28-37(11-13-40(42)45)47(63)54-18-5-10-38(26-34-6-2-1-3-7-34)48(64)59-20-16-50(66,17-21-59)32-60-33-55-44-29-39(12-14-41(44)49(60)65)56-46(62)15-19-58-22-24-61(52)25-23-58/h1-4,6-9,11-14,27-30,33,38,66H,5,10,15-26,31-32,53H2,(H,54,63)(H,56,62). The van der Waals surface area contributed by atoms with Gasteiger partial charge in [-0.25, -0.2) is 13.1 Å². The highest BCUT2D eigenvalue weighted by atomic mass is 127. The normalized spacial score (nSPS) is 16.0. The number of carbonyl (C=O) groups excluding carboxylic acids is 3. The molecule has 8 rings (SSSR count). The van der Waals surface area contributed by atoms with E-state index in [4.69, 9.17) is 22.3 Å². The van der Waals surface area contributed by atoms with Crippen LogP contribution in [0.15, 0.2) is 108 Å². The Labute approximate surface area is 403 Å². The van der Waals surface area contributed by atoms with E-state index >= 15 is 0 Å². The average molecular weight is 1020 g/mol. The van der Waals surface area contributed by atoms with Crippen LogP contribution in [0.1, 0.15) is 53.6 Å².